The van der Waals surface area contributed by atoms with Crippen molar-refractivity contribution in [2.45, 2.75) is 19.4 Å². The molecule has 5 rings (SSSR count). The van der Waals surface area contributed by atoms with Gasteiger partial charge in [0.15, 0.2) is 17.0 Å². The van der Waals surface area contributed by atoms with Crippen molar-refractivity contribution < 1.29 is 4.79 Å². The van der Waals surface area contributed by atoms with Crippen molar-refractivity contribution in [2.24, 2.45) is 31.1 Å². The van der Waals surface area contributed by atoms with Crippen LogP contribution in [0.1, 0.15) is 13.8 Å². The van der Waals surface area contributed by atoms with E-state index in [-0.39, 0.29) is 40.7 Å². The summed E-state index contributed by atoms with van der Waals surface area (Å²) in [5.74, 6) is -0.519. The van der Waals surface area contributed by atoms with Crippen molar-refractivity contribution in [3.05, 3.63) is 46.0 Å². The molecule has 0 saturated heterocycles. The van der Waals surface area contributed by atoms with Crippen LogP contribution in [0.25, 0.3) is 11.2 Å². The summed E-state index contributed by atoms with van der Waals surface area (Å²) in [6, 6.07) is 6.62. The minimum atomic E-state index is -1.26. The van der Waals surface area contributed by atoms with Crippen molar-refractivity contribution in [2.75, 3.05) is 4.90 Å². The molecular formula is C19H15ClN10O2. The lowest BCUT2D eigenvalue weighted by molar-refractivity contribution is -0.121. The van der Waals surface area contributed by atoms with Gasteiger partial charge in [0.1, 0.15) is 6.34 Å². The van der Waals surface area contributed by atoms with Gasteiger partial charge in [-0.1, -0.05) is 25.4 Å². The van der Waals surface area contributed by atoms with Gasteiger partial charge in [-0.2, -0.15) is 9.98 Å². The summed E-state index contributed by atoms with van der Waals surface area (Å²) in [5, 5.41) is 8.60. The molecule has 32 heavy (non-hydrogen) atoms. The maximum Gasteiger partial charge on any atom is 0.278 e. The number of nitrogens with zero attached hydrogens (tertiary/aromatic N) is 8. The van der Waals surface area contributed by atoms with E-state index in [1.165, 1.54) is 17.6 Å². The van der Waals surface area contributed by atoms with Crippen molar-refractivity contribution in [3.8, 4) is 0 Å². The maximum atomic E-state index is 13.7. The second kappa shape index (κ2) is 7.27. The first kappa shape index (κ1) is 19.9. The number of aliphatic imine (C=N–C) groups is 3. The average Bonchev–Trinajstić information content (AvgIpc) is 3.41. The predicted molar refractivity (Wildman–Crippen MR) is 119 cm³/mol. The van der Waals surface area contributed by atoms with Crippen molar-refractivity contribution in [1.29, 1.82) is 0 Å². The van der Waals surface area contributed by atoms with Gasteiger partial charge in [-0.05, 0) is 30.2 Å². The molecule has 1 aromatic carbocycles. The number of halogens is 1. The van der Waals surface area contributed by atoms with Crippen LogP contribution in [0, 0.1) is 5.92 Å². The predicted octanol–water partition coefficient (Wildman–Crippen LogP) is 2.62. The molecule has 160 valence electrons. The summed E-state index contributed by atoms with van der Waals surface area (Å²) in [7, 11) is 0. The fourth-order valence-corrected chi connectivity index (χ4v) is 3.64. The number of aromatic nitrogens is 4. The third kappa shape index (κ3) is 2.95. The van der Waals surface area contributed by atoms with Gasteiger partial charge in [0, 0.05) is 5.02 Å². The number of azo groups is 1. The van der Waals surface area contributed by atoms with Gasteiger partial charge < -0.3 is 4.98 Å². The van der Waals surface area contributed by atoms with Gasteiger partial charge in [-0.25, -0.2) is 19.9 Å². The SMILES string of the molecule is CC(C)C12N=CN=C1N=C(N=Nc1nc3nc[nH]c3c(=O)[nH]1)N(c1ccc(Cl)cc1)C2=O. The highest BCUT2D eigenvalue weighted by atomic mass is 35.5. The minimum Gasteiger partial charge on any atom is -0.339 e. The Morgan fingerprint density at radius 3 is 2.69 bits per heavy atom. The molecule has 0 spiro atoms. The summed E-state index contributed by atoms with van der Waals surface area (Å²) in [4.78, 5) is 53.4. The number of carbonyl (C=O) groups excluding carboxylic acids is 1. The molecule has 13 heteroatoms. The van der Waals surface area contributed by atoms with Crippen LogP contribution in [0.4, 0.5) is 11.6 Å². The Labute approximate surface area is 184 Å². The zero-order valence-electron chi connectivity index (χ0n) is 16.8. The van der Waals surface area contributed by atoms with E-state index >= 15 is 0 Å². The van der Waals surface area contributed by atoms with E-state index < -0.39 is 11.1 Å². The van der Waals surface area contributed by atoms with E-state index in [2.05, 4.69) is 45.1 Å². The van der Waals surface area contributed by atoms with Crippen LogP contribution in [0.2, 0.25) is 5.02 Å². The van der Waals surface area contributed by atoms with Gasteiger partial charge in [-0.3, -0.25) is 14.6 Å². The molecule has 4 heterocycles. The summed E-state index contributed by atoms with van der Waals surface area (Å²) in [5.41, 5.74) is -0.839. The highest BCUT2D eigenvalue weighted by Gasteiger charge is 2.55. The smallest absolute Gasteiger partial charge is 0.278 e. The van der Waals surface area contributed by atoms with E-state index in [4.69, 9.17) is 11.6 Å². The minimum absolute atomic E-state index is 0.0531. The van der Waals surface area contributed by atoms with Crippen LogP contribution >= 0.6 is 11.6 Å². The molecule has 1 amide bonds. The number of fused-ring (bicyclic) bond motifs is 2. The van der Waals surface area contributed by atoms with Gasteiger partial charge in [0.25, 0.3) is 23.4 Å². The first-order valence-corrected chi connectivity index (χ1v) is 9.94. The fraction of sp³-hybridized carbons (Fsp3) is 0.211. The molecule has 3 aromatic rings. The van der Waals surface area contributed by atoms with Gasteiger partial charge in [-0.15, -0.1) is 10.2 Å². The van der Waals surface area contributed by atoms with Crippen LogP contribution in [0.15, 0.2) is 60.6 Å². The number of nitrogens with one attached hydrogen (secondary N) is 2. The number of rotatable bonds is 3. The van der Waals surface area contributed by atoms with Gasteiger partial charge >= 0.3 is 0 Å². The first-order chi connectivity index (χ1) is 15.4. The summed E-state index contributed by atoms with van der Waals surface area (Å²) >= 11 is 6.02. The largest absolute Gasteiger partial charge is 0.339 e. The van der Waals surface area contributed by atoms with Gasteiger partial charge in [0.05, 0.1) is 12.0 Å². The van der Waals surface area contributed by atoms with Crippen LogP contribution in [-0.4, -0.2) is 49.5 Å². The summed E-state index contributed by atoms with van der Waals surface area (Å²) in [6.45, 7) is 3.73. The molecule has 2 aliphatic rings. The van der Waals surface area contributed by atoms with Crippen LogP contribution in [-0.2, 0) is 4.79 Å². The monoisotopic (exact) mass is 450 g/mol. The molecule has 0 fully saturated rings. The van der Waals surface area contributed by atoms with E-state index in [1.54, 1.807) is 24.3 Å². The normalized spacial score (nSPS) is 20.4. The van der Waals surface area contributed by atoms with E-state index in [0.29, 0.717) is 10.7 Å². The zero-order valence-corrected chi connectivity index (χ0v) is 17.6. The Bertz CT molecular complexity index is 1420. The number of anilines is 1. The number of hydrogen-bond acceptors (Lipinski definition) is 9. The van der Waals surface area contributed by atoms with Crippen LogP contribution in [0.3, 0.4) is 0 Å². The summed E-state index contributed by atoms with van der Waals surface area (Å²) < 4.78 is 0. The lowest BCUT2D eigenvalue weighted by Crippen LogP contribution is -2.60. The Morgan fingerprint density at radius 2 is 1.94 bits per heavy atom. The topological polar surface area (TPSA) is 157 Å². The highest BCUT2D eigenvalue weighted by molar-refractivity contribution is 6.35. The number of amidine groups is 1. The third-order valence-corrected chi connectivity index (χ3v) is 5.41. The average molecular weight is 451 g/mol. The molecule has 0 aliphatic carbocycles. The number of H-pyrrole nitrogens is 2. The van der Waals surface area contributed by atoms with Gasteiger partial charge in [0.2, 0.25) is 5.54 Å². The number of aromatic amines is 2. The first-order valence-electron chi connectivity index (χ1n) is 9.56. The number of hydrogen-bond donors (Lipinski definition) is 2. The molecule has 2 N–H and O–H groups in total. The lowest BCUT2D eigenvalue weighted by atomic mass is 9.83. The Morgan fingerprint density at radius 1 is 1.16 bits per heavy atom. The maximum absolute atomic E-state index is 13.7. The number of imidazole rings is 1. The fourth-order valence-electron chi connectivity index (χ4n) is 3.52. The Balaban J connectivity index is 1.63. The third-order valence-electron chi connectivity index (χ3n) is 5.16. The standard InChI is InChI=1S/C19H15ClN10O2/c1-9(2)19-15(23-8-24-19)27-18(30(16(19)32)11-5-3-10(20)4-6-11)29-28-17-25-13-12(14(31)26-17)21-7-22-13/h3-9H,1-2H3,(H2,21,22,25,26,31). The molecular weight excluding hydrogens is 436 g/mol. The van der Waals surface area contributed by atoms with Crippen LogP contribution < -0.4 is 10.5 Å². The second-order valence-corrected chi connectivity index (χ2v) is 7.77. The Hall–Kier alpha value is -4.06. The quantitative estimate of drug-likeness (QED) is 0.588. The molecule has 2 aromatic heterocycles. The number of amides is 1. The lowest BCUT2D eigenvalue weighted by Gasteiger charge is -2.37. The van der Waals surface area contributed by atoms with E-state index in [9.17, 15) is 9.59 Å². The molecule has 1 unspecified atom stereocenters. The van der Waals surface area contributed by atoms with Crippen molar-refractivity contribution in [1.82, 2.24) is 19.9 Å². The molecule has 0 bridgehead atoms. The molecule has 0 radical (unpaired) electrons. The van der Waals surface area contributed by atoms with E-state index in [0.717, 1.165) is 0 Å². The number of guanidine groups is 1. The molecule has 0 saturated carbocycles. The zero-order chi connectivity index (χ0) is 22.5. The molecule has 2 aliphatic heterocycles. The number of carbonyl (C=O) groups is 1. The number of benzene rings is 1. The highest BCUT2D eigenvalue weighted by Crippen LogP contribution is 2.36. The van der Waals surface area contributed by atoms with Crippen molar-refractivity contribution in [3.63, 3.8) is 0 Å². The molecule has 12 nitrogen and oxygen atoms in total. The Kier molecular flexibility index (Phi) is 4.51. The second-order valence-electron chi connectivity index (χ2n) is 7.34. The van der Waals surface area contributed by atoms with E-state index in [1.807, 2.05) is 13.8 Å². The summed E-state index contributed by atoms with van der Waals surface area (Å²) in [6.07, 6.45) is 2.67. The molecule has 1 atom stereocenters. The van der Waals surface area contributed by atoms with Crippen LogP contribution in [0.5, 0.6) is 0 Å². The van der Waals surface area contributed by atoms with Crippen molar-refractivity contribution >= 4 is 58.4 Å².